The molecule has 0 spiro atoms. The fourth-order valence-corrected chi connectivity index (χ4v) is 1.43. The van der Waals surface area contributed by atoms with E-state index >= 15 is 0 Å². The molecule has 2 rings (SSSR count). The number of nitrogens with one attached hydrogen (secondary N) is 1. The van der Waals surface area contributed by atoms with Gasteiger partial charge < -0.3 is 5.32 Å². The molecule has 2 heterocycles. The Morgan fingerprint density at radius 2 is 1.94 bits per heavy atom. The minimum absolute atomic E-state index is 0.531. The Hall–Kier alpha value is -1.98. The zero-order chi connectivity index (χ0) is 11.5. The molecule has 0 aliphatic carbocycles. The highest BCUT2D eigenvalue weighted by Crippen LogP contribution is 2.04. The normalized spacial score (nSPS) is 10.4. The molecule has 16 heavy (non-hydrogen) atoms. The van der Waals surface area contributed by atoms with Gasteiger partial charge in [0.2, 0.25) is 5.95 Å². The van der Waals surface area contributed by atoms with E-state index in [2.05, 4.69) is 25.4 Å². The van der Waals surface area contributed by atoms with Crippen molar-refractivity contribution >= 4 is 5.95 Å². The molecule has 0 unspecified atom stereocenters. The molecule has 0 fully saturated rings. The van der Waals surface area contributed by atoms with E-state index in [9.17, 15) is 0 Å². The smallest absolute Gasteiger partial charge is 0.223 e. The van der Waals surface area contributed by atoms with E-state index in [0.29, 0.717) is 12.5 Å². The van der Waals surface area contributed by atoms with Crippen molar-refractivity contribution in [3.05, 3.63) is 29.6 Å². The van der Waals surface area contributed by atoms with E-state index in [-0.39, 0.29) is 0 Å². The average Bonchev–Trinajstić information content (AvgIpc) is 2.60. The first-order valence-corrected chi connectivity index (χ1v) is 5.04. The molecule has 0 radical (unpaired) electrons. The standard InChI is InChI=1S/C10H14N6/c1-7-4-8(2)14-10(13-7)11-5-9-12-6-16(3)15-9/h4,6H,5H2,1-3H3,(H,11,13,14). The molecule has 0 bridgehead atoms. The lowest BCUT2D eigenvalue weighted by Crippen LogP contribution is -2.06. The van der Waals surface area contributed by atoms with Crippen molar-refractivity contribution in [3.8, 4) is 0 Å². The van der Waals surface area contributed by atoms with E-state index in [0.717, 1.165) is 17.2 Å². The lowest BCUT2D eigenvalue weighted by atomic mass is 10.4. The minimum Gasteiger partial charge on any atom is -0.347 e. The van der Waals surface area contributed by atoms with Crippen LogP contribution in [-0.2, 0) is 13.6 Å². The third-order valence-corrected chi connectivity index (χ3v) is 2.03. The topological polar surface area (TPSA) is 68.5 Å². The summed E-state index contributed by atoms with van der Waals surface area (Å²) in [4.78, 5) is 12.7. The van der Waals surface area contributed by atoms with Crippen LogP contribution in [0.15, 0.2) is 12.4 Å². The number of hydrogen-bond donors (Lipinski definition) is 1. The predicted molar refractivity (Wildman–Crippen MR) is 59.8 cm³/mol. The third kappa shape index (κ3) is 2.53. The highest BCUT2D eigenvalue weighted by molar-refractivity contribution is 5.27. The summed E-state index contributed by atoms with van der Waals surface area (Å²) in [6, 6.07) is 1.93. The van der Waals surface area contributed by atoms with Crippen LogP contribution in [0.1, 0.15) is 17.2 Å². The molecule has 0 saturated heterocycles. The highest BCUT2D eigenvalue weighted by Gasteiger charge is 2.01. The Morgan fingerprint density at radius 1 is 1.25 bits per heavy atom. The van der Waals surface area contributed by atoms with E-state index in [1.54, 1.807) is 11.0 Å². The molecular formula is C10H14N6. The Kier molecular flexibility index (Phi) is 2.80. The molecule has 0 aromatic carbocycles. The average molecular weight is 218 g/mol. The van der Waals surface area contributed by atoms with Crippen LogP contribution in [0, 0.1) is 13.8 Å². The highest BCUT2D eigenvalue weighted by atomic mass is 15.3. The summed E-state index contributed by atoms with van der Waals surface area (Å²) >= 11 is 0. The van der Waals surface area contributed by atoms with Gasteiger partial charge in [-0.1, -0.05) is 0 Å². The minimum atomic E-state index is 0.531. The zero-order valence-electron chi connectivity index (χ0n) is 9.60. The van der Waals surface area contributed by atoms with Gasteiger partial charge >= 0.3 is 0 Å². The molecule has 2 aromatic rings. The zero-order valence-corrected chi connectivity index (χ0v) is 9.60. The first-order chi connectivity index (χ1) is 7.63. The largest absolute Gasteiger partial charge is 0.347 e. The lowest BCUT2D eigenvalue weighted by Gasteiger charge is -2.03. The van der Waals surface area contributed by atoms with Crippen molar-refractivity contribution in [2.45, 2.75) is 20.4 Å². The van der Waals surface area contributed by atoms with Crippen LogP contribution in [0.25, 0.3) is 0 Å². The van der Waals surface area contributed by atoms with Gasteiger partial charge in [-0.05, 0) is 19.9 Å². The summed E-state index contributed by atoms with van der Waals surface area (Å²) in [6.45, 7) is 4.42. The number of aryl methyl sites for hydroxylation is 3. The maximum absolute atomic E-state index is 4.27. The van der Waals surface area contributed by atoms with Gasteiger partial charge in [-0.2, -0.15) is 5.10 Å². The van der Waals surface area contributed by atoms with Gasteiger partial charge in [0.05, 0.1) is 6.54 Å². The second-order valence-corrected chi connectivity index (χ2v) is 3.66. The van der Waals surface area contributed by atoms with Gasteiger partial charge in [0.1, 0.15) is 6.33 Å². The third-order valence-electron chi connectivity index (χ3n) is 2.03. The van der Waals surface area contributed by atoms with Gasteiger partial charge in [-0.3, -0.25) is 4.68 Å². The van der Waals surface area contributed by atoms with Crippen LogP contribution in [0.4, 0.5) is 5.95 Å². The number of hydrogen-bond acceptors (Lipinski definition) is 5. The van der Waals surface area contributed by atoms with E-state index in [1.165, 1.54) is 0 Å². The van der Waals surface area contributed by atoms with Crippen molar-refractivity contribution in [2.24, 2.45) is 7.05 Å². The monoisotopic (exact) mass is 218 g/mol. The summed E-state index contributed by atoms with van der Waals surface area (Å²) in [6.07, 6.45) is 1.67. The summed E-state index contributed by atoms with van der Waals surface area (Å²) in [5.74, 6) is 1.34. The van der Waals surface area contributed by atoms with Crippen molar-refractivity contribution in [3.63, 3.8) is 0 Å². The van der Waals surface area contributed by atoms with Gasteiger partial charge in [-0.15, -0.1) is 0 Å². The van der Waals surface area contributed by atoms with Crippen LogP contribution in [0.5, 0.6) is 0 Å². The maximum atomic E-state index is 4.27. The van der Waals surface area contributed by atoms with Crippen LogP contribution >= 0.6 is 0 Å². The van der Waals surface area contributed by atoms with Gasteiger partial charge in [0, 0.05) is 18.4 Å². The van der Waals surface area contributed by atoms with Gasteiger partial charge in [0.15, 0.2) is 5.82 Å². The van der Waals surface area contributed by atoms with Crippen LogP contribution in [0.3, 0.4) is 0 Å². The summed E-state index contributed by atoms with van der Waals surface area (Å²) in [7, 11) is 1.84. The number of rotatable bonds is 3. The number of nitrogens with zero attached hydrogens (tertiary/aromatic N) is 5. The first kappa shape index (κ1) is 10.5. The van der Waals surface area contributed by atoms with E-state index in [4.69, 9.17) is 0 Å². The Labute approximate surface area is 93.8 Å². The van der Waals surface area contributed by atoms with Crippen molar-refractivity contribution in [1.29, 1.82) is 0 Å². The van der Waals surface area contributed by atoms with E-state index in [1.807, 2.05) is 27.0 Å². The van der Waals surface area contributed by atoms with Gasteiger partial charge in [0.25, 0.3) is 0 Å². The Bertz CT molecular complexity index is 470. The number of aromatic nitrogens is 5. The molecule has 0 aliphatic rings. The molecular weight excluding hydrogens is 204 g/mol. The molecule has 0 saturated carbocycles. The summed E-state index contributed by atoms with van der Waals surface area (Å²) in [5, 5.41) is 7.25. The Balaban J connectivity index is 2.04. The van der Waals surface area contributed by atoms with Crippen LogP contribution in [-0.4, -0.2) is 24.7 Å². The quantitative estimate of drug-likeness (QED) is 0.826. The summed E-state index contributed by atoms with van der Waals surface area (Å²) in [5.41, 5.74) is 1.90. The molecule has 84 valence electrons. The predicted octanol–water partition coefficient (Wildman–Crippen LogP) is 0.834. The van der Waals surface area contributed by atoms with Gasteiger partial charge in [-0.25, -0.2) is 15.0 Å². The van der Waals surface area contributed by atoms with Crippen LogP contribution < -0.4 is 5.32 Å². The molecule has 2 aromatic heterocycles. The Morgan fingerprint density at radius 3 is 2.50 bits per heavy atom. The fraction of sp³-hybridized carbons (Fsp3) is 0.400. The molecule has 6 heteroatoms. The second-order valence-electron chi connectivity index (χ2n) is 3.66. The van der Waals surface area contributed by atoms with Crippen molar-refractivity contribution < 1.29 is 0 Å². The van der Waals surface area contributed by atoms with E-state index < -0.39 is 0 Å². The molecule has 1 N–H and O–H groups in total. The molecule has 0 atom stereocenters. The maximum Gasteiger partial charge on any atom is 0.223 e. The van der Waals surface area contributed by atoms with Crippen LogP contribution in [0.2, 0.25) is 0 Å². The molecule has 0 amide bonds. The number of anilines is 1. The molecule has 6 nitrogen and oxygen atoms in total. The SMILES string of the molecule is Cc1cc(C)nc(NCc2ncn(C)n2)n1. The molecule has 0 aliphatic heterocycles. The second kappa shape index (κ2) is 4.26. The van der Waals surface area contributed by atoms with Crippen molar-refractivity contribution in [2.75, 3.05) is 5.32 Å². The van der Waals surface area contributed by atoms with Crippen molar-refractivity contribution in [1.82, 2.24) is 24.7 Å². The lowest BCUT2D eigenvalue weighted by molar-refractivity contribution is 0.746. The first-order valence-electron chi connectivity index (χ1n) is 5.04. The fourth-order valence-electron chi connectivity index (χ4n) is 1.43. The summed E-state index contributed by atoms with van der Waals surface area (Å²) < 4.78 is 1.67.